The molecule has 0 saturated carbocycles. The Morgan fingerprint density at radius 1 is 1.00 bits per heavy atom. The van der Waals surface area contributed by atoms with Crippen LogP contribution in [0, 0.1) is 0 Å². The zero-order valence-corrected chi connectivity index (χ0v) is 14.1. The number of rotatable bonds is 5. The topological polar surface area (TPSA) is 21.3 Å². The second kappa shape index (κ2) is 7.26. The molecule has 0 fully saturated rings. The van der Waals surface area contributed by atoms with Crippen molar-refractivity contribution >= 4 is 40.5 Å². The summed E-state index contributed by atoms with van der Waals surface area (Å²) in [6.07, 6.45) is 0.880. The van der Waals surface area contributed by atoms with Gasteiger partial charge in [0.2, 0.25) is 0 Å². The second-order valence-electron chi connectivity index (χ2n) is 4.62. The second-order valence-corrected chi connectivity index (χ2v) is 5.85. The fraction of sp³-hybridized carbons (Fsp3) is 0.250. The van der Waals surface area contributed by atoms with E-state index in [0.29, 0.717) is 15.1 Å². The van der Waals surface area contributed by atoms with Gasteiger partial charge in [0.05, 0.1) is 33.9 Å². The monoisotopic (exact) mass is 343 g/mol. The summed E-state index contributed by atoms with van der Waals surface area (Å²) in [5.41, 5.74) is 1.89. The number of hydrogen-bond acceptors (Lipinski definition) is 2. The molecule has 2 aromatic rings. The van der Waals surface area contributed by atoms with Gasteiger partial charge in [-0.1, -0.05) is 47.8 Å². The average molecular weight is 345 g/mol. The fourth-order valence-corrected chi connectivity index (χ4v) is 2.56. The van der Waals surface area contributed by atoms with Gasteiger partial charge in [-0.15, -0.1) is 0 Å². The molecular weight excluding hydrogens is 329 g/mol. The van der Waals surface area contributed by atoms with E-state index in [1.165, 1.54) is 0 Å². The molecule has 0 bridgehead atoms. The van der Waals surface area contributed by atoms with Gasteiger partial charge >= 0.3 is 0 Å². The van der Waals surface area contributed by atoms with Crippen LogP contribution in [0.1, 0.15) is 24.9 Å². The number of anilines is 1. The molecule has 112 valence electrons. The molecule has 0 aliphatic carbocycles. The van der Waals surface area contributed by atoms with Crippen LogP contribution in [0.3, 0.4) is 0 Å². The molecular formula is C16H16Cl3NO. The van der Waals surface area contributed by atoms with Crippen molar-refractivity contribution in [2.45, 2.75) is 19.4 Å². The molecule has 2 nitrogen and oxygen atoms in total. The third-order valence-electron chi connectivity index (χ3n) is 3.26. The largest absolute Gasteiger partial charge is 0.497 e. The van der Waals surface area contributed by atoms with Gasteiger partial charge in [0.1, 0.15) is 5.75 Å². The predicted molar refractivity (Wildman–Crippen MR) is 91.1 cm³/mol. The van der Waals surface area contributed by atoms with E-state index in [0.717, 1.165) is 23.4 Å². The standard InChI is InChI=1S/C16H16Cl3NO/c1-3-15(10-4-6-12(17)14(19)8-10)20-16-9-11(21-2)5-7-13(16)18/h4-9,15,20H,3H2,1-2H3. The molecule has 2 aromatic carbocycles. The maximum atomic E-state index is 6.23. The average Bonchev–Trinajstić information content (AvgIpc) is 2.49. The molecule has 0 aromatic heterocycles. The highest BCUT2D eigenvalue weighted by molar-refractivity contribution is 6.42. The van der Waals surface area contributed by atoms with E-state index >= 15 is 0 Å². The zero-order valence-electron chi connectivity index (χ0n) is 11.8. The smallest absolute Gasteiger partial charge is 0.121 e. The molecule has 1 atom stereocenters. The van der Waals surface area contributed by atoms with Gasteiger partial charge in [0.15, 0.2) is 0 Å². The van der Waals surface area contributed by atoms with Crippen molar-refractivity contribution in [3.05, 3.63) is 57.0 Å². The lowest BCUT2D eigenvalue weighted by Crippen LogP contribution is -2.10. The Balaban J connectivity index is 2.28. The Kier molecular flexibility index (Phi) is 5.63. The Labute approximate surface area is 140 Å². The highest BCUT2D eigenvalue weighted by Crippen LogP contribution is 2.33. The zero-order chi connectivity index (χ0) is 15.4. The quantitative estimate of drug-likeness (QED) is 0.695. The van der Waals surface area contributed by atoms with Crippen molar-refractivity contribution < 1.29 is 4.74 Å². The molecule has 0 amide bonds. The third kappa shape index (κ3) is 3.97. The van der Waals surface area contributed by atoms with Crippen LogP contribution in [0.25, 0.3) is 0 Å². The summed E-state index contributed by atoms with van der Waals surface area (Å²) in [6.45, 7) is 2.09. The number of halogens is 3. The van der Waals surface area contributed by atoms with E-state index in [2.05, 4.69) is 12.2 Å². The van der Waals surface area contributed by atoms with Crippen LogP contribution in [-0.2, 0) is 0 Å². The number of benzene rings is 2. The normalized spacial score (nSPS) is 12.0. The first-order chi connectivity index (χ1) is 10.0. The molecule has 21 heavy (non-hydrogen) atoms. The number of ether oxygens (including phenoxy) is 1. The number of methoxy groups -OCH3 is 1. The maximum Gasteiger partial charge on any atom is 0.121 e. The van der Waals surface area contributed by atoms with Gasteiger partial charge in [0, 0.05) is 6.07 Å². The number of hydrogen-bond donors (Lipinski definition) is 1. The predicted octanol–water partition coefficient (Wildman–Crippen LogP) is 6.22. The molecule has 0 saturated heterocycles. The summed E-state index contributed by atoms with van der Waals surface area (Å²) in [4.78, 5) is 0. The van der Waals surface area contributed by atoms with E-state index in [-0.39, 0.29) is 6.04 Å². The van der Waals surface area contributed by atoms with Crippen molar-refractivity contribution in [3.8, 4) is 5.75 Å². The lowest BCUT2D eigenvalue weighted by Gasteiger charge is -2.20. The van der Waals surface area contributed by atoms with Crippen molar-refractivity contribution in [1.82, 2.24) is 0 Å². The summed E-state index contributed by atoms with van der Waals surface area (Å²) >= 11 is 18.3. The van der Waals surface area contributed by atoms with Crippen LogP contribution in [-0.4, -0.2) is 7.11 Å². The minimum absolute atomic E-state index is 0.0874. The summed E-state index contributed by atoms with van der Waals surface area (Å²) in [5.74, 6) is 0.755. The minimum atomic E-state index is 0.0874. The highest BCUT2D eigenvalue weighted by atomic mass is 35.5. The lowest BCUT2D eigenvalue weighted by molar-refractivity contribution is 0.415. The summed E-state index contributed by atoms with van der Waals surface area (Å²) in [6, 6.07) is 11.2. The van der Waals surface area contributed by atoms with Crippen molar-refractivity contribution in [1.29, 1.82) is 0 Å². The first-order valence-corrected chi connectivity index (χ1v) is 7.73. The van der Waals surface area contributed by atoms with E-state index in [1.807, 2.05) is 30.3 Å². The van der Waals surface area contributed by atoms with Crippen LogP contribution in [0.5, 0.6) is 5.75 Å². The Morgan fingerprint density at radius 3 is 2.33 bits per heavy atom. The molecule has 0 radical (unpaired) electrons. The van der Waals surface area contributed by atoms with Gasteiger partial charge in [-0.3, -0.25) is 0 Å². The number of nitrogens with one attached hydrogen (secondary N) is 1. The summed E-state index contributed by atoms with van der Waals surface area (Å²) in [5, 5.41) is 5.17. The third-order valence-corrected chi connectivity index (χ3v) is 4.33. The van der Waals surface area contributed by atoms with E-state index < -0.39 is 0 Å². The van der Waals surface area contributed by atoms with Crippen molar-refractivity contribution in [3.63, 3.8) is 0 Å². The van der Waals surface area contributed by atoms with Crippen LogP contribution in [0.4, 0.5) is 5.69 Å². The van der Waals surface area contributed by atoms with Gasteiger partial charge in [0.25, 0.3) is 0 Å². The summed E-state index contributed by atoms with van der Waals surface area (Å²) in [7, 11) is 1.63. The Hall–Kier alpha value is -1.09. The van der Waals surface area contributed by atoms with E-state index in [4.69, 9.17) is 39.5 Å². The molecule has 1 unspecified atom stereocenters. The summed E-state index contributed by atoms with van der Waals surface area (Å²) < 4.78 is 5.23. The van der Waals surface area contributed by atoms with Gasteiger partial charge in [-0.2, -0.15) is 0 Å². The lowest BCUT2D eigenvalue weighted by atomic mass is 10.0. The fourth-order valence-electron chi connectivity index (χ4n) is 2.08. The highest BCUT2D eigenvalue weighted by Gasteiger charge is 2.13. The van der Waals surface area contributed by atoms with Crippen LogP contribution in [0.2, 0.25) is 15.1 Å². The molecule has 0 aliphatic rings. The maximum absolute atomic E-state index is 6.23. The molecule has 2 rings (SSSR count). The molecule has 1 N–H and O–H groups in total. The van der Waals surface area contributed by atoms with Gasteiger partial charge in [-0.25, -0.2) is 0 Å². The van der Waals surface area contributed by atoms with E-state index in [1.54, 1.807) is 13.2 Å². The molecule has 0 heterocycles. The Morgan fingerprint density at radius 2 is 1.71 bits per heavy atom. The molecule has 0 spiro atoms. The van der Waals surface area contributed by atoms with Gasteiger partial charge < -0.3 is 10.1 Å². The molecule has 5 heteroatoms. The molecule has 0 aliphatic heterocycles. The first-order valence-electron chi connectivity index (χ1n) is 6.60. The minimum Gasteiger partial charge on any atom is -0.497 e. The Bertz CT molecular complexity index is 631. The SMILES string of the molecule is CCC(Nc1cc(OC)ccc1Cl)c1ccc(Cl)c(Cl)c1. The first kappa shape index (κ1) is 16.3. The van der Waals surface area contributed by atoms with Gasteiger partial charge in [-0.05, 0) is 36.2 Å². The van der Waals surface area contributed by atoms with E-state index in [9.17, 15) is 0 Å². The van der Waals surface area contributed by atoms with Crippen molar-refractivity contribution in [2.75, 3.05) is 12.4 Å². The van der Waals surface area contributed by atoms with Crippen LogP contribution >= 0.6 is 34.8 Å². The van der Waals surface area contributed by atoms with Crippen LogP contribution in [0.15, 0.2) is 36.4 Å². The van der Waals surface area contributed by atoms with Crippen LogP contribution < -0.4 is 10.1 Å². The van der Waals surface area contributed by atoms with Crippen molar-refractivity contribution in [2.24, 2.45) is 0 Å².